The van der Waals surface area contributed by atoms with Crippen molar-refractivity contribution in [1.82, 2.24) is 15.2 Å². The number of carbonyl (C=O) groups is 1. The molecular formula is C15H12FN3O3. The Morgan fingerprint density at radius 1 is 1.27 bits per heavy atom. The Balaban J connectivity index is 1.73. The van der Waals surface area contributed by atoms with Crippen molar-refractivity contribution >= 4 is 5.97 Å². The molecule has 1 N–H and O–H groups in total. The molecular weight excluding hydrogens is 289 g/mol. The highest BCUT2D eigenvalue weighted by Crippen LogP contribution is 2.23. The standard InChI is InChI=1S/C15H12FN3O3/c1-9(21-15(20)12-3-2-8-17-12)13-18-19-14(22-13)10-4-6-11(16)7-5-10/h2-9,17H,1H3/t9-/m0/s1. The highest BCUT2D eigenvalue weighted by molar-refractivity contribution is 5.87. The third kappa shape index (κ3) is 2.88. The van der Waals surface area contributed by atoms with Gasteiger partial charge in [0.15, 0.2) is 6.10 Å². The number of ether oxygens (including phenoxy) is 1. The average Bonchev–Trinajstić information content (AvgIpc) is 3.20. The molecule has 0 aliphatic heterocycles. The van der Waals surface area contributed by atoms with Crippen LogP contribution in [0.5, 0.6) is 0 Å². The van der Waals surface area contributed by atoms with Crippen LogP contribution < -0.4 is 0 Å². The summed E-state index contributed by atoms with van der Waals surface area (Å²) in [6.45, 7) is 1.63. The van der Waals surface area contributed by atoms with E-state index in [0.717, 1.165) is 0 Å². The summed E-state index contributed by atoms with van der Waals surface area (Å²) in [5.74, 6) is -0.465. The van der Waals surface area contributed by atoms with Crippen LogP contribution in [0.4, 0.5) is 4.39 Å². The number of hydrogen-bond acceptors (Lipinski definition) is 5. The minimum Gasteiger partial charge on any atom is -0.448 e. The lowest BCUT2D eigenvalue weighted by Gasteiger charge is -2.07. The number of esters is 1. The maximum Gasteiger partial charge on any atom is 0.355 e. The summed E-state index contributed by atoms with van der Waals surface area (Å²) in [6, 6.07) is 8.96. The molecule has 0 radical (unpaired) electrons. The first-order valence-corrected chi connectivity index (χ1v) is 6.57. The Morgan fingerprint density at radius 2 is 2.05 bits per heavy atom. The smallest absolute Gasteiger partial charge is 0.355 e. The van der Waals surface area contributed by atoms with Gasteiger partial charge in [0.05, 0.1) is 0 Å². The zero-order chi connectivity index (χ0) is 15.5. The molecule has 0 saturated heterocycles. The first-order valence-electron chi connectivity index (χ1n) is 6.57. The number of nitrogens with one attached hydrogen (secondary N) is 1. The third-order valence-corrected chi connectivity index (χ3v) is 2.98. The Morgan fingerprint density at radius 3 is 2.73 bits per heavy atom. The van der Waals surface area contributed by atoms with E-state index < -0.39 is 12.1 Å². The zero-order valence-electron chi connectivity index (χ0n) is 11.6. The quantitative estimate of drug-likeness (QED) is 0.749. The SMILES string of the molecule is C[C@H](OC(=O)c1ccc[nH]1)c1nnc(-c2ccc(F)cc2)o1. The van der Waals surface area contributed by atoms with Gasteiger partial charge in [-0.1, -0.05) is 0 Å². The molecule has 0 aliphatic rings. The van der Waals surface area contributed by atoms with Gasteiger partial charge in [-0.2, -0.15) is 0 Å². The molecule has 3 aromatic rings. The van der Waals surface area contributed by atoms with Gasteiger partial charge in [0.1, 0.15) is 11.5 Å². The van der Waals surface area contributed by atoms with E-state index in [9.17, 15) is 9.18 Å². The first kappa shape index (κ1) is 14.0. The number of aromatic nitrogens is 3. The summed E-state index contributed by atoms with van der Waals surface area (Å²) in [5.41, 5.74) is 0.924. The molecule has 2 heterocycles. The Kier molecular flexibility index (Phi) is 3.69. The van der Waals surface area contributed by atoms with Gasteiger partial charge < -0.3 is 14.1 Å². The molecule has 0 amide bonds. The molecule has 0 bridgehead atoms. The first-order chi connectivity index (χ1) is 10.6. The molecule has 6 nitrogen and oxygen atoms in total. The fourth-order valence-corrected chi connectivity index (χ4v) is 1.84. The van der Waals surface area contributed by atoms with Gasteiger partial charge in [-0.05, 0) is 43.3 Å². The van der Waals surface area contributed by atoms with Gasteiger partial charge >= 0.3 is 5.97 Å². The monoisotopic (exact) mass is 301 g/mol. The lowest BCUT2D eigenvalue weighted by atomic mass is 10.2. The maximum absolute atomic E-state index is 12.9. The molecule has 112 valence electrons. The van der Waals surface area contributed by atoms with Crippen molar-refractivity contribution in [1.29, 1.82) is 0 Å². The fourth-order valence-electron chi connectivity index (χ4n) is 1.84. The van der Waals surface area contributed by atoms with Crippen molar-refractivity contribution < 1.29 is 18.3 Å². The summed E-state index contributed by atoms with van der Waals surface area (Å²) < 4.78 is 23.6. The average molecular weight is 301 g/mol. The summed E-state index contributed by atoms with van der Waals surface area (Å²) >= 11 is 0. The number of rotatable bonds is 4. The number of aromatic amines is 1. The lowest BCUT2D eigenvalue weighted by Crippen LogP contribution is -2.09. The van der Waals surface area contributed by atoms with Crippen LogP contribution in [0.1, 0.15) is 29.4 Å². The molecule has 7 heteroatoms. The number of halogens is 1. The van der Waals surface area contributed by atoms with Crippen LogP contribution in [0.25, 0.3) is 11.5 Å². The minimum atomic E-state index is -0.697. The number of carbonyl (C=O) groups excluding carboxylic acids is 1. The molecule has 22 heavy (non-hydrogen) atoms. The van der Waals surface area contributed by atoms with Gasteiger partial charge in [0.2, 0.25) is 5.89 Å². The van der Waals surface area contributed by atoms with Crippen LogP contribution in [0.2, 0.25) is 0 Å². The summed E-state index contributed by atoms with van der Waals surface area (Å²) in [5, 5.41) is 7.72. The molecule has 1 atom stereocenters. The van der Waals surface area contributed by atoms with Gasteiger partial charge in [-0.15, -0.1) is 10.2 Å². The molecule has 0 aliphatic carbocycles. The van der Waals surface area contributed by atoms with E-state index in [1.54, 1.807) is 25.3 Å². The van der Waals surface area contributed by atoms with Gasteiger partial charge in [0.25, 0.3) is 5.89 Å². The summed E-state index contributed by atoms with van der Waals surface area (Å²) in [4.78, 5) is 14.6. The minimum absolute atomic E-state index is 0.166. The lowest BCUT2D eigenvalue weighted by molar-refractivity contribution is 0.0274. The van der Waals surface area contributed by atoms with E-state index in [0.29, 0.717) is 11.3 Å². The van der Waals surface area contributed by atoms with Crippen LogP contribution in [0.15, 0.2) is 47.0 Å². The molecule has 0 spiro atoms. The van der Waals surface area contributed by atoms with Crippen molar-refractivity contribution in [2.24, 2.45) is 0 Å². The molecule has 0 unspecified atom stereocenters. The molecule has 3 rings (SSSR count). The predicted molar refractivity (Wildman–Crippen MR) is 74.3 cm³/mol. The topological polar surface area (TPSA) is 81.0 Å². The number of benzene rings is 1. The molecule has 2 aromatic heterocycles. The van der Waals surface area contributed by atoms with E-state index >= 15 is 0 Å². The second-order valence-electron chi connectivity index (χ2n) is 4.58. The van der Waals surface area contributed by atoms with E-state index in [-0.39, 0.29) is 17.6 Å². The Hall–Kier alpha value is -2.96. The van der Waals surface area contributed by atoms with E-state index in [1.165, 1.54) is 24.3 Å². The second-order valence-corrected chi connectivity index (χ2v) is 4.58. The number of hydrogen-bond donors (Lipinski definition) is 1. The highest BCUT2D eigenvalue weighted by Gasteiger charge is 2.20. The molecule has 1 aromatic carbocycles. The summed E-state index contributed by atoms with van der Waals surface area (Å²) in [6.07, 6.45) is 0.929. The van der Waals surface area contributed by atoms with Crippen molar-refractivity contribution in [3.63, 3.8) is 0 Å². The summed E-state index contributed by atoms with van der Waals surface area (Å²) in [7, 11) is 0. The Bertz CT molecular complexity index is 766. The van der Waals surface area contributed by atoms with Gasteiger partial charge in [0, 0.05) is 11.8 Å². The highest BCUT2D eigenvalue weighted by atomic mass is 19.1. The Labute approximate surface area is 124 Å². The van der Waals surface area contributed by atoms with Crippen LogP contribution in [0.3, 0.4) is 0 Å². The van der Waals surface area contributed by atoms with Crippen LogP contribution in [0, 0.1) is 5.82 Å². The van der Waals surface area contributed by atoms with Crippen LogP contribution >= 0.6 is 0 Å². The van der Waals surface area contributed by atoms with E-state index in [1.807, 2.05) is 0 Å². The predicted octanol–water partition coefficient (Wildman–Crippen LogP) is 3.12. The zero-order valence-corrected chi connectivity index (χ0v) is 11.6. The van der Waals surface area contributed by atoms with Crippen LogP contribution in [-0.4, -0.2) is 21.2 Å². The molecule has 0 saturated carbocycles. The van der Waals surface area contributed by atoms with Gasteiger partial charge in [-0.25, -0.2) is 9.18 Å². The van der Waals surface area contributed by atoms with Gasteiger partial charge in [-0.3, -0.25) is 0 Å². The van der Waals surface area contributed by atoms with Crippen molar-refractivity contribution in [3.8, 4) is 11.5 Å². The number of H-pyrrole nitrogens is 1. The normalized spacial score (nSPS) is 12.1. The van der Waals surface area contributed by atoms with Crippen molar-refractivity contribution in [2.45, 2.75) is 13.0 Å². The maximum atomic E-state index is 12.9. The van der Waals surface area contributed by atoms with Crippen LogP contribution in [-0.2, 0) is 4.74 Å². The fraction of sp³-hybridized carbons (Fsp3) is 0.133. The van der Waals surface area contributed by atoms with E-state index in [4.69, 9.17) is 9.15 Å². The second kappa shape index (κ2) is 5.80. The largest absolute Gasteiger partial charge is 0.448 e. The van der Waals surface area contributed by atoms with Crippen molar-refractivity contribution in [3.05, 3.63) is 60.0 Å². The molecule has 0 fully saturated rings. The number of nitrogens with zero attached hydrogens (tertiary/aromatic N) is 2. The van der Waals surface area contributed by atoms with E-state index in [2.05, 4.69) is 15.2 Å². The third-order valence-electron chi connectivity index (χ3n) is 2.98. The van der Waals surface area contributed by atoms with Crippen molar-refractivity contribution in [2.75, 3.05) is 0 Å².